The highest BCUT2D eigenvalue weighted by atomic mass is 16.3. The van der Waals surface area contributed by atoms with Gasteiger partial charge in [-0.3, -0.25) is 5.10 Å². The summed E-state index contributed by atoms with van der Waals surface area (Å²) in [5, 5.41) is 8.53. The maximum Gasteiger partial charge on any atom is 0.134 e. The van der Waals surface area contributed by atoms with E-state index < -0.39 is 0 Å². The first kappa shape index (κ1) is 11.0. The van der Waals surface area contributed by atoms with E-state index in [4.69, 9.17) is 10.2 Å². The number of para-hydroxylation sites is 1. The van der Waals surface area contributed by atoms with Gasteiger partial charge in [0.15, 0.2) is 0 Å². The molecule has 0 aliphatic carbocycles. The average Bonchev–Trinajstić information content (AvgIpc) is 2.95. The first-order valence-electron chi connectivity index (χ1n) is 6.01. The summed E-state index contributed by atoms with van der Waals surface area (Å²) < 4.78 is 5.55. The SMILES string of the molecule is Cc1c(-c2coc3ccccc23)n[nH]c1CCN. The predicted octanol–water partition coefficient (Wildman–Crippen LogP) is 2.63. The van der Waals surface area contributed by atoms with Crippen LogP contribution in [0.25, 0.3) is 22.2 Å². The predicted molar refractivity (Wildman–Crippen MR) is 71.3 cm³/mol. The van der Waals surface area contributed by atoms with Gasteiger partial charge in [0.1, 0.15) is 11.8 Å². The summed E-state index contributed by atoms with van der Waals surface area (Å²) in [4.78, 5) is 0. The Labute approximate surface area is 105 Å². The summed E-state index contributed by atoms with van der Waals surface area (Å²) >= 11 is 0. The zero-order valence-corrected chi connectivity index (χ0v) is 10.2. The fourth-order valence-electron chi connectivity index (χ4n) is 2.25. The first-order valence-corrected chi connectivity index (χ1v) is 6.01. The van der Waals surface area contributed by atoms with Crippen LogP contribution in [0.15, 0.2) is 34.9 Å². The van der Waals surface area contributed by atoms with Crippen LogP contribution in [0.4, 0.5) is 0 Å². The van der Waals surface area contributed by atoms with Crippen molar-refractivity contribution >= 4 is 11.0 Å². The zero-order valence-electron chi connectivity index (χ0n) is 10.2. The number of aromatic nitrogens is 2. The van der Waals surface area contributed by atoms with E-state index in [1.165, 1.54) is 0 Å². The third-order valence-electron chi connectivity index (χ3n) is 3.24. The minimum absolute atomic E-state index is 0.620. The number of H-pyrrole nitrogens is 1. The van der Waals surface area contributed by atoms with Gasteiger partial charge in [0, 0.05) is 23.1 Å². The molecule has 0 bridgehead atoms. The van der Waals surface area contributed by atoms with Crippen molar-refractivity contribution in [1.29, 1.82) is 0 Å². The van der Waals surface area contributed by atoms with Gasteiger partial charge < -0.3 is 10.2 Å². The molecule has 18 heavy (non-hydrogen) atoms. The van der Waals surface area contributed by atoms with Gasteiger partial charge in [-0.15, -0.1) is 0 Å². The van der Waals surface area contributed by atoms with Crippen LogP contribution in [0.3, 0.4) is 0 Å². The molecular formula is C14H15N3O. The number of hydrogen-bond donors (Lipinski definition) is 2. The fourth-order valence-corrected chi connectivity index (χ4v) is 2.25. The third-order valence-corrected chi connectivity index (χ3v) is 3.24. The topological polar surface area (TPSA) is 67.8 Å². The molecule has 0 aliphatic heterocycles. The number of fused-ring (bicyclic) bond motifs is 1. The molecule has 0 unspecified atom stereocenters. The lowest BCUT2D eigenvalue weighted by atomic mass is 10.1. The Balaban J connectivity index is 2.15. The van der Waals surface area contributed by atoms with Gasteiger partial charge >= 0.3 is 0 Å². The number of nitrogens with one attached hydrogen (secondary N) is 1. The van der Waals surface area contributed by atoms with Crippen LogP contribution in [0.1, 0.15) is 11.3 Å². The van der Waals surface area contributed by atoms with Crippen LogP contribution in [0, 0.1) is 6.92 Å². The van der Waals surface area contributed by atoms with E-state index in [2.05, 4.69) is 17.1 Å². The minimum atomic E-state index is 0.620. The van der Waals surface area contributed by atoms with E-state index in [1.807, 2.05) is 24.3 Å². The number of hydrogen-bond acceptors (Lipinski definition) is 3. The van der Waals surface area contributed by atoms with E-state index in [-0.39, 0.29) is 0 Å². The van der Waals surface area contributed by atoms with Gasteiger partial charge in [0.2, 0.25) is 0 Å². The number of rotatable bonds is 3. The van der Waals surface area contributed by atoms with Gasteiger partial charge in [0.05, 0.1) is 5.69 Å². The van der Waals surface area contributed by atoms with Crippen molar-refractivity contribution < 1.29 is 4.42 Å². The van der Waals surface area contributed by atoms with E-state index in [0.717, 1.165) is 39.9 Å². The molecule has 3 rings (SSSR count). The first-order chi connectivity index (χ1) is 8.81. The normalized spacial score (nSPS) is 11.2. The summed E-state index contributed by atoms with van der Waals surface area (Å²) in [6, 6.07) is 7.98. The van der Waals surface area contributed by atoms with Crippen molar-refractivity contribution in [1.82, 2.24) is 10.2 Å². The third kappa shape index (κ3) is 1.62. The molecule has 3 aromatic rings. The van der Waals surface area contributed by atoms with E-state index in [9.17, 15) is 0 Å². The average molecular weight is 241 g/mol. The van der Waals surface area contributed by atoms with Crippen LogP contribution in [-0.4, -0.2) is 16.7 Å². The molecule has 0 aliphatic rings. The van der Waals surface area contributed by atoms with Gasteiger partial charge in [-0.05, 0) is 25.1 Å². The van der Waals surface area contributed by atoms with Crippen LogP contribution >= 0.6 is 0 Å². The van der Waals surface area contributed by atoms with E-state index >= 15 is 0 Å². The van der Waals surface area contributed by atoms with Gasteiger partial charge in [-0.1, -0.05) is 18.2 Å². The highest BCUT2D eigenvalue weighted by molar-refractivity contribution is 5.93. The van der Waals surface area contributed by atoms with Crippen molar-refractivity contribution in [3.8, 4) is 11.3 Å². The van der Waals surface area contributed by atoms with Crippen LogP contribution in [0.5, 0.6) is 0 Å². The smallest absolute Gasteiger partial charge is 0.134 e. The Hall–Kier alpha value is -2.07. The summed E-state index contributed by atoms with van der Waals surface area (Å²) in [5.41, 5.74) is 10.7. The Kier molecular flexibility index (Phi) is 2.64. The molecule has 2 heterocycles. The molecule has 4 nitrogen and oxygen atoms in total. The maximum atomic E-state index is 5.58. The maximum absolute atomic E-state index is 5.58. The number of nitrogens with zero attached hydrogens (tertiary/aromatic N) is 1. The molecule has 92 valence electrons. The Bertz CT molecular complexity index is 681. The van der Waals surface area contributed by atoms with E-state index in [0.29, 0.717) is 6.54 Å². The number of nitrogens with two attached hydrogens (primary N) is 1. The number of benzene rings is 1. The van der Waals surface area contributed by atoms with Crippen LogP contribution < -0.4 is 5.73 Å². The van der Waals surface area contributed by atoms with E-state index in [1.54, 1.807) is 6.26 Å². The quantitative estimate of drug-likeness (QED) is 0.740. The highest BCUT2D eigenvalue weighted by Crippen LogP contribution is 2.31. The summed E-state index contributed by atoms with van der Waals surface area (Å²) in [6.07, 6.45) is 2.58. The summed E-state index contributed by atoms with van der Waals surface area (Å²) in [7, 11) is 0. The molecule has 2 aromatic heterocycles. The Morgan fingerprint density at radius 2 is 2.17 bits per heavy atom. The second-order valence-corrected chi connectivity index (χ2v) is 4.36. The van der Waals surface area contributed by atoms with Gasteiger partial charge in [-0.2, -0.15) is 5.10 Å². The monoisotopic (exact) mass is 241 g/mol. The van der Waals surface area contributed by atoms with Gasteiger partial charge in [0.25, 0.3) is 0 Å². The second-order valence-electron chi connectivity index (χ2n) is 4.36. The lowest BCUT2D eigenvalue weighted by molar-refractivity contribution is 0.616. The molecular weight excluding hydrogens is 226 g/mol. The Morgan fingerprint density at radius 1 is 1.33 bits per heavy atom. The second kappa shape index (κ2) is 4.31. The fraction of sp³-hybridized carbons (Fsp3) is 0.214. The summed E-state index contributed by atoms with van der Waals surface area (Å²) in [5.74, 6) is 0. The van der Waals surface area contributed by atoms with Crippen molar-refractivity contribution in [3.63, 3.8) is 0 Å². The molecule has 0 fully saturated rings. The molecule has 3 N–H and O–H groups in total. The molecule has 4 heteroatoms. The lowest BCUT2D eigenvalue weighted by Gasteiger charge is -1.97. The van der Waals surface area contributed by atoms with Crippen LogP contribution in [-0.2, 0) is 6.42 Å². The molecule has 0 amide bonds. The molecule has 1 aromatic carbocycles. The minimum Gasteiger partial charge on any atom is -0.464 e. The summed E-state index contributed by atoms with van der Waals surface area (Å²) in [6.45, 7) is 2.68. The molecule has 0 saturated carbocycles. The van der Waals surface area contributed by atoms with Crippen molar-refractivity contribution in [2.24, 2.45) is 5.73 Å². The molecule has 0 radical (unpaired) electrons. The molecule has 0 spiro atoms. The lowest BCUT2D eigenvalue weighted by Crippen LogP contribution is -2.03. The standard InChI is InChI=1S/C14H15N3O/c1-9-12(6-7-15)16-17-14(9)11-8-18-13-5-3-2-4-10(11)13/h2-5,8H,6-7,15H2,1H3,(H,16,17). The van der Waals surface area contributed by atoms with Crippen molar-refractivity contribution in [2.45, 2.75) is 13.3 Å². The zero-order chi connectivity index (χ0) is 12.5. The number of aromatic amines is 1. The van der Waals surface area contributed by atoms with Gasteiger partial charge in [-0.25, -0.2) is 0 Å². The van der Waals surface area contributed by atoms with Crippen LogP contribution in [0.2, 0.25) is 0 Å². The number of furan rings is 1. The van der Waals surface area contributed by atoms with Crippen molar-refractivity contribution in [3.05, 3.63) is 41.8 Å². The highest BCUT2D eigenvalue weighted by Gasteiger charge is 2.14. The molecule has 0 saturated heterocycles. The Morgan fingerprint density at radius 3 is 3.00 bits per heavy atom. The largest absolute Gasteiger partial charge is 0.464 e. The molecule has 0 atom stereocenters. The van der Waals surface area contributed by atoms with Crippen molar-refractivity contribution in [2.75, 3.05) is 6.54 Å².